The predicted octanol–water partition coefficient (Wildman–Crippen LogP) is 2.12. The fourth-order valence-corrected chi connectivity index (χ4v) is 1.89. The summed E-state index contributed by atoms with van der Waals surface area (Å²) in [6, 6.07) is 5.32. The van der Waals surface area contributed by atoms with Crippen molar-refractivity contribution >= 4 is 43.8 Å². The van der Waals surface area contributed by atoms with Crippen LogP contribution >= 0.6 is 31.9 Å². The Labute approximate surface area is 103 Å². The van der Waals surface area contributed by atoms with Gasteiger partial charge in [0, 0.05) is 14.5 Å². The first-order valence-corrected chi connectivity index (χ1v) is 5.66. The number of nitrogens with zero attached hydrogens (tertiary/aromatic N) is 1. The number of amides is 1. The van der Waals surface area contributed by atoms with E-state index in [9.17, 15) is 4.79 Å². The summed E-state index contributed by atoms with van der Waals surface area (Å²) in [5.41, 5.74) is 6.03. The minimum Gasteiger partial charge on any atom is -0.447 e. The van der Waals surface area contributed by atoms with Gasteiger partial charge < -0.3 is 10.5 Å². The molecule has 1 aromatic rings. The maximum atomic E-state index is 11.4. The number of benzene rings is 1. The molecule has 1 heterocycles. The van der Waals surface area contributed by atoms with E-state index in [1.807, 2.05) is 6.07 Å². The van der Waals surface area contributed by atoms with Crippen molar-refractivity contribution in [3.8, 4) is 0 Å². The zero-order valence-corrected chi connectivity index (χ0v) is 10.6. The number of halogens is 2. The third-order valence-corrected chi connectivity index (χ3v) is 3.81. The lowest BCUT2D eigenvalue weighted by Crippen LogP contribution is -2.13. The first kappa shape index (κ1) is 10.6. The van der Waals surface area contributed by atoms with Crippen LogP contribution in [0.2, 0.25) is 0 Å². The summed E-state index contributed by atoms with van der Waals surface area (Å²) in [6.45, 7) is 0. The second-order valence-corrected chi connectivity index (χ2v) is 4.67. The van der Waals surface area contributed by atoms with Gasteiger partial charge >= 0.3 is 0 Å². The van der Waals surface area contributed by atoms with E-state index in [1.54, 1.807) is 12.1 Å². The third-order valence-electron chi connectivity index (χ3n) is 1.93. The van der Waals surface area contributed by atoms with Crippen LogP contribution in [0.1, 0.15) is 11.7 Å². The van der Waals surface area contributed by atoms with Gasteiger partial charge in [0.25, 0.3) is 11.9 Å². The molecule has 6 heteroatoms. The quantitative estimate of drug-likeness (QED) is 0.856. The summed E-state index contributed by atoms with van der Waals surface area (Å²) in [5.74, 6) is -0.373. The van der Waals surface area contributed by atoms with E-state index < -0.39 is 6.10 Å². The Bertz CT molecular complexity index is 459. The van der Waals surface area contributed by atoms with Crippen LogP contribution in [0.3, 0.4) is 0 Å². The van der Waals surface area contributed by atoms with Gasteiger partial charge in [0.2, 0.25) is 6.10 Å². The molecule has 0 aliphatic carbocycles. The van der Waals surface area contributed by atoms with Gasteiger partial charge in [-0.3, -0.25) is 4.79 Å². The molecule has 1 amide bonds. The molecule has 1 unspecified atom stereocenters. The first-order valence-electron chi connectivity index (χ1n) is 4.07. The Kier molecular flexibility index (Phi) is 2.79. The Morgan fingerprint density at radius 2 is 2.07 bits per heavy atom. The number of hydrogen-bond acceptors (Lipinski definition) is 3. The molecule has 2 rings (SSSR count). The Balaban J connectivity index is 2.32. The van der Waals surface area contributed by atoms with Crippen molar-refractivity contribution < 1.29 is 9.53 Å². The van der Waals surface area contributed by atoms with Gasteiger partial charge in [-0.05, 0) is 44.0 Å². The highest BCUT2D eigenvalue weighted by molar-refractivity contribution is 9.13. The zero-order valence-electron chi connectivity index (χ0n) is 7.41. The van der Waals surface area contributed by atoms with Gasteiger partial charge in [-0.15, -0.1) is 0 Å². The molecule has 1 aliphatic heterocycles. The average molecular weight is 334 g/mol. The van der Waals surface area contributed by atoms with Crippen LogP contribution in [0.4, 0.5) is 0 Å². The highest BCUT2D eigenvalue weighted by Gasteiger charge is 2.29. The smallest absolute Gasteiger partial charge is 0.296 e. The molecule has 1 atom stereocenters. The lowest BCUT2D eigenvalue weighted by Gasteiger charge is -2.09. The van der Waals surface area contributed by atoms with Crippen molar-refractivity contribution in [2.45, 2.75) is 6.10 Å². The summed E-state index contributed by atoms with van der Waals surface area (Å²) in [5, 5.41) is 0. The number of ether oxygens (including phenoxy) is 1. The van der Waals surface area contributed by atoms with Gasteiger partial charge in [-0.25, -0.2) is 0 Å². The summed E-state index contributed by atoms with van der Waals surface area (Å²) >= 11 is 6.68. The number of nitrogens with two attached hydrogens (primary N) is 1. The highest BCUT2D eigenvalue weighted by atomic mass is 79.9. The molecule has 78 valence electrons. The van der Waals surface area contributed by atoms with Gasteiger partial charge in [0.05, 0.1) is 0 Å². The molecule has 0 spiro atoms. The molecule has 4 nitrogen and oxygen atoms in total. The second kappa shape index (κ2) is 3.94. The van der Waals surface area contributed by atoms with Crippen molar-refractivity contribution in [2.24, 2.45) is 10.7 Å². The van der Waals surface area contributed by atoms with Gasteiger partial charge in [-0.2, -0.15) is 4.99 Å². The molecule has 0 fully saturated rings. The normalized spacial score (nSPS) is 20.0. The SMILES string of the molecule is NC1=NC(=O)C(c2ccc(Br)c(Br)c2)O1. The molecule has 0 saturated heterocycles. The van der Waals surface area contributed by atoms with Gasteiger partial charge in [0.15, 0.2) is 0 Å². The van der Waals surface area contributed by atoms with Crippen molar-refractivity contribution in [1.29, 1.82) is 0 Å². The zero-order chi connectivity index (χ0) is 11.0. The third kappa shape index (κ3) is 2.05. The van der Waals surface area contributed by atoms with E-state index in [-0.39, 0.29) is 11.9 Å². The van der Waals surface area contributed by atoms with E-state index in [1.165, 1.54) is 0 Å². The minimum absolute atomic E-state index is 0.0796. The maximum absolute atomic E-state index is 11.4. The van der Waals surface area contributed by atoms with Crippen LogP contribution in [0, 0.1) is 0 Å². The largest absolute Gasteiger partial charge is 0.447 e. The molecule has 1 aliphatic rings. The van der Waals surface area contributed by atoms with Crippen molar-refractivity contribution in [2.75, 3.05) is 0 Å². The van der Waals surface area contributed by atoms with E-state index in [4.69, 9.17) is 10.5 Å². The molecule has 0 bridgehead atoms. The molecule has 2 N–H and O–H groups in total. The summed E-state index contributed by atoms with van der Waals surface area (Å²) in [6.07, 6.45) is -0.714. The van der Waals surface area contributed by atoms with E-state index in [0.29, 0.717) is 0 Å². The standard InChI is InChI=1S/C9H6Br2N2O2/c10-5-2-1-4(3-6(5)11)7-8(14)13-9(12)15-7/h1-3,7H,(H2,12,13,14). The number of rotatable bonds is 1. The summed E-state index contributed by atoms with van der Waals surface area (Å²) in [4.78, 5) is 14.9. The minimum atomic E-state index is -0.714. The lowest BCUT2D eigenvalue weighted by molar-refractivity contribution is -0.122. The second-order valence-electron chi connectivity index (χ2n) is 2.96. The van der Waals surface area contributed by atoms with Crippen LogP contribution < -0.4 is 5.73 Å². The first-order chi connectivity index (χ1) is 7.08. The van der Waals surface area contributed by atoms with Crippen LogP contribution in [-0.4, -0.2) is 11.9 Å². The molecule has 0 aromatic heterocycles. The number of aliphatic imine (C=N–C) groups is 1. The van der Waals surface area contributed by atoms with Crippen LogP contribution in [-0.2, 0) is 9.53 Å². The molecule has 0 radical (unpaired) electrons. The monoisotopic (exact) mass is 332 g/mol. The average Bonchev–Trinajstić information content (AvgIpc) is 2.50. The Morgan fingerprint density at radius 1 is 1.33 bits per heavy atom. The fraction of sp³-hybridized carbons (Fsp3) is 0.111. The lowest BCUT2D eigenvalue weighted by atomic mass is 10.1. The van der Waals surface area contributed by atoms with Crippen molar-refractivity contribution in [3.05, 3.63) is 32.7 Å². The fourth-order valence-electron chi connectivity index (χ4n) is 1.25. The summed E-state index contributed by atoms with van der Waals surface area (Å²) < 4.78 is 6.85. The van der Waals surface area contributed by atoms with Crippen LogP contribution in [0.15, 0.2) is 32.1 Å². The number of carbonyl (C=O) groups excluding carboxylic acids is 1. The number of carbonyl (C=O) groups is 1. The van der Waals surface area contributed by atoms with E-state index in [2.05, 4.69) is 36.9 Å². The summed E-state index contributed by atoms with van der Waals surface area (Å²) in [7, 11) is 0. The Morgan fingerprint density at radius 3 is 2.60 bits per heavy atom. The van der Waals surface area contributed by atoms with Gasteiger partial charge in [0.1, 0.15) is 0 Å². The Hall–Kier alpha value is -0.880. The molecular weight excluding hydrogens is 328 g/mol. The van der Waals surface area contributed by atoms with E-state index in [0.717, 1.165) is 14.5 Å². The topological polar surface area (TPSA) is 64.7 Å². The predicted molar refractivity (Wildman–Crippen MR) is 62.3 cm³/mol. The molecule has 15 heavy (non-hydrogen) atoms. The van der Waals surface area contributed by atoms with Gasteiger partial charge in [-0.1, -0.05) is 6.07 Å². The van der Waals surface area contributed by atoms with Crippen LogP contribution in [0.25, 0.3) is 0 Å². The van der Waals surface area contributed by atoms with Crippen LogP contribution in [0.5, 0.6) is 0 Å². The molecule has 1 aromatic carbocycles. The highest BCUT2D eigenvalue weighted by Crippen LogP contribution is 2.29. The molecule has 0 saturated carbocycles. The number of hydrogen-bond donors (Lipinski definition) is 1. The molecular formula is C9H6Br2N2O2. The number of amidine groups is 1. The van der Waals surface area contributed by atoms with Crippen molar-refractivity contribution in [1.82, 2.24) is 0 Å². The van der Waals surface area contributed by atoms with Crippen molar-refractivity contribution in [3.63, 3.8) is 0 Å². The maximum Gasteiger partial charge on any atom is 0.296 e. The van der Waals surface area contributed by atoms with E-state index >= 15 is 0 Å².